The number of amides is 6. The first-order valence-electron chi connectivity index (χ1n) is 23.4. The number of nitrogens with two attached hydrogens (primary N) is 3. The van der Waals surface area contributed by atoms with Crippen molar-refractivity contribution in [1.29, 1.82) is 0 Å². The summed E-state index contributed by atoms with van der Waals surface area (Å²) in [7, 11) is 0. The Labute approximate surface area is 392 Å². The van der Waals surface area contributed by atoms with E-state index < -0.39 is 109 Å². The van der Waals surface area contributed by atoms with Crippen LogP contribution < -0.4 is 54.4 Å². The number of hydrogen-bond acceptors (Lipinski definition) is 12. The maximum absolute atomic E-state index is 14.1. The first-order valence-corrected chi connectivity index (χ1v) is 23.4. The molecule has 0 bridgehead atoms. The lowest BCUT2D eigenvalue weighted by molar-refractivity contribution is -0.147. The molecule has 0 aromatic carbocycles. The molecular formula is C44H77N13O10. The molecule has 1 aliphatic carbocycles. The number of imidazole rings is 1. The van der Waals surface area contributed by atoms with Gasteiger partial charge in [0.15, 0.2) is 5.96 Å². The predicted octanol–water partition coefficient (Wildman–Crippen LogP) is -0.891. The molecular weight excluding hydrogens is 871 g/mol. The quantitative estimate of drug-likeness (QED) is 0.0244. The topological polar surface area (TPSA) is 380 Å². The molecule has 23 heteroatoms. The van der Waals surface area contributed by atoms with Gasteiger partial charge in [-0.15, -0.1) is 0 Å². The van der Waals surface area contributed by atoms with E-state index >= 15 is 0 Å². The maximum Gasteiger partial charge on any atom is 0.326 e. The Morgan fingerprint density at radius 1 is 0.821 bits per heavy atom. The van der Waals surface area contributed by atoms with E-state index in [1.807, 2.05) is 34.6 Å². The molecule has 1 heterocycles. The van der Waals surface area contributed by atoms with Gasteiger partial charge in [0.05, 0.1) is 31.4 Å². The highest BCUT2D eigenvalue weighted by molar-refractivity contribution is 5.95. The number of carbonyl (C=O) groups excluding carboxylic acids is 6. The second kappa shape index (κ2) is 29.7. The summed E-state index contributed by atoms with van der Waals surface area (Å²) in [6.45, 7) is 10.9. The average molecular weight is 948 g/mol. The standard InChI is InChI=1S/C44H77N13O10/c1-7-26(6)37(42(65)55-32(18-29-20-48-23-52-29)40(63)56-33(43(66)67)19-35(59)60)57-39(62)30(16-24(2)3)50-21-28(14-11-15-49-44(46)47)53-34(58)22-51-38(61)31(17-27-12-9-8-10-13-27)54-41(64)36(45)25(4)5/h20,23-28,30-33,36-37,50H,7-19,21-22,45H2,1-6H3,(H,48,52)(H,51,61)(H,53,58)(H,54,64)(H,55,65)(H,56,63)(H,57,62)(H,59,60)(H,66,67)(H4,46,47,49)/t26-,28-,30-,31-,32-,33-,36-,37-/m0/s1. The molecule has 0 radical (unpaired) electrons. The Morgan fingerprint density at radius 2 is 1.46 bits per heavy atom. The zero-order valence-corrected chi connectivity index (χ0v) is 39.9. The van der Waals surface area contributed by atoms with Crippen LogP contribution in [0.3, 0.4) is 0 Å². The van der Waals surface area contributed by atoms with Crippen LogP contribution in [0.2, 0.25) is 0 Å². The third kappa shape index (κ3) is 22.0. The van der Waals surface area contributed by atoms with E-state index in [0.29, 0.717) is 37.8 Å². The van der Waals surface area contributed by atoms with Crippen LogP contribution in [0.15, 0.2) is 17.5 Å². The third-order valence-corrected chi connectivity index (χ3v) is 11.8. The summed E-state index contributed by atoms with van der Waals surface area (Å²) in [5.74, 6) is -7.25. The zero-order valence-electron chi connectivity index (χ0n) is 39.9. The molecule has 0 unspecified atom stereocenters. The monoisotopic (exact) mass is 948 g/mol. The van der Waals surface area contributed by atoms with Crippen molar-refractivity contribution in [2.45, 2.75) is 161 Å². The Morgan fingerprint density at radius 3 is 2.03 bits per heavy atom. The molecule has 1 aliphatic rings. The first-order chi connectivity index (χ1) is 31.6. The summed E-state index contributed by atoms with van der Waals surface area (Å²) >= 11 is 0. The summed E-state index contributed by atoms with van der Waals surface area (Å²) in [6, 6.07) is -7.51. The molecule has 6 amide bonds. The first kappa shape index (κ1) is 57.3. The summed E-state index contributed by atoms with van der Waals surface area (Å²) in [6.07, 6.45) is 8.71. The minimum atomic E-state index is -1.78. The van der Waals surface area contributed by atoms with E-state index in [2.05, 4.69) is 52.2 Å². The van der Waals surface area contributed by atoms with Crippen molar-refractivity contribution in [2.24, 2.45) is 45.9 Å². The molecule has 1 fully saturated rings. The number of H-pyrrole nitrogens is 1. The second-order valence-corrected chi connectivity index (χ2v) is 18.3. The van der Waals surface area contributed by atoms with E-state index in [-0.39, 0.29) is 43.2 Å². The van der Waals surface area contributed by atoms with E-state index in [9.17, 15) is 48.6 Å². The van der Waals surface area contributed by atoms with Gasteiger partial charge in [0.1, 0.15) is 24.2 Å². The normalized spacial score (nSPS) is 16.5. The Bertz CT molecular complexity index is 1780. The molecule has 0 aliphatic heterocycles. The van der Waals surface area contributed by atoms with E-state index in [1.165, 1.54) is 12.5 Å². The fourth-order valence-electron chi connectivity index (χ4n) is 7.63. The van der Waals surface area contributed by atoms with Gasteiger partial charge in [-0.3, -0.25) is 38.6 Å². The number of carboxylic acids is 2. The number of rotatable bonds is 31. The van der Waals surface area contributed by atoms with Crippen molar-refractivity contribution >= 4 is 53.3 Å². The maximum atomic E-state index is 14.1. The van der Waals surface area contributed by atoms with Crippen LogP contribution in [0.4, 0.5) is 0 Å². The molecule has 0 spiro atoms. The minimum absolute atomic E-state index is 0.0168. The van der Waals surface area contributed by atoms with Gasteiger partial charge in [0.2, 0.25) is 35.4 Å². The number of guanidine groups is 1. The SMILES string of the molecule is CC[C@H](C)[C@H](NC(=O)[C@H](CC(C)C)NC[C@H](CCCN=C(N)N)NC(=O)CNC(=O)[C@H](CC1CCCCC1)NC(=O)[C@@H](N)C(C)C)C(=O)N[C@@H](Cc1cnc[nH]1)C(=O)N[C@@H](CC(=O)O)C(=O)O. The zero-order chi connectivity index (χ0) is 50.2. The molecule has 8 atom stereocenters. The van der Waals surface area contributed by atoms with Gasteiger partial charge in [-0.05, 0) is 49.4 Å². The van der Waals surface area contributed by atoms with Crippen LogP contribution in [0.1, 0.15) is 118 Å². The van der Waals surface area contributed by atoms with Crippen LogP contribution in [-0.2, 0) is 44.8 Å². The molecule has 67 heavy (non-hydrogen) atoms. The molecule has 0 saturated heterocycles. The van der Waals surface area contributed by atoms with Crippen molar-refractivity contribution < 1.29 is 48.6 Å². The van der Waals surface area contributed by atoms with E-state index in [0.717, 1.165) is 32.1 Å². The number of hydrogen-bond donors (Lipinski definition) is 13. The van der Waals surface area contributed by atoms with Crippen LogP contribution >= 0.6 is 0 Å². The van der Waals surface area contributed by atoms with Crippen molar-refractivity contribution in [1.82, 2.24) is 47.2 Å². The largest absolute Gasteiger partial charge is 0.481 e. The number of nitrogens with one attached hydrogen (secondary N) is 8. The fourth-order valence-corrected chi connectivity index (χ4v) is 7.63. The van der Waals surface area contributed by atoms with Crippen molar-refractivity contribution in [3.8, 4) is 0 Å². The number of aromatic nitrogens is 2. The van der Waals surface area contributed by atoms with Gasteiger partial charge in [0.25, 0.3) is 0 Å². The number of carboxylic acid groups (broad SMARTS) is 2. The average Bonchev–Trinajstić information content (AvgIpc) is 3.79. The summed E-state index contributed by atoms with van der Waals surface area (Å²) in [5, 5.41) is 38.1. The molecule has 1 aromatic rings. The third-order valence-electron chi connectivity index (χ3n) is 11.8. The minimum Gasteiger partial charge on any atom is -0.481 e. The number of aromatic amines is 1. The molecule has 2 rings (SSSR count). The highest BCUT2D eigenvalue weighted by Gasteiger charge is 2.35. The number of aliphatic imine (C=N–C) groups is 1. The van der Waals surface area contributed by atoms with Gasteiger partial charge >= 0.3 is 11.9 Å². The van der Waals surface area contributed by atoms with Gasteiger partial charge in [-0.25, -0.2) is 9.78 Å². The van der Waals surface area contributed by atoms with Gasteiger partial charge in [-0.1, -0.05) is 80.1 Å². The van der Waals surface area contributed by atoms with Crippen molar-refractivity contribution in [2.75, 3.05) is 19.6 Å². The molecule has 1 saturated carbocycles. The van der Waals surface area contributed by atoms with Gasteiger partial charge < -0.3 is 69.6 Å². The highest BCUT2D eigenvalue weighted by atomic mass is 16.4. The van der Waals surface area contributed by atoms with E-state index in [1.54, 1.807) is 6.92 Å². The molecule has 16 N–H and O–H groups in total. The number of nitrogens with zero attached hydrogens (tertiary/aromatic N) is 2. The number of aliphatic carboxylic acids is 2. The number of carbonyl (C=O) groups is 8. The van der Waals surface area contributed by atoms with Crippen LogP contribution in [0.25, 0.3) is 0 Å². The van der Waals surface area contributed by atoms with Crippen LogP contribution in [0.5, 0.6) is 0 Å². The lowest BCUT2D eigenvalue weighted by Gasteiger charge is -2.30. The fraction of sp³-hybridized carbons (Fsp3) is 0.727. The summed E-state index contributed by atoms with van der Waals surface area (Å²) in [5.41, 5.74) is 17.6. The van der Waals surface area contributed by atoms with Gasteiger partial charge in [0, 0.05) is 37.4 Å². The van der Waals surface area contributed by atoms with E-state index in [4.69, 9.17) is 17.2 Å². The predicted molar refractivity (Wildman–Crippen MR) is 249 cm³/mol. The van der Waals surface area contributed by atoms with Crippen LogP contribution in [-0.4, -0.2) is 135 Å². The molecule has 23 nitrogen and oxygen atoms in total. The lowest BCUT2D eigenvalue weighted by atomic mass is 9.84. The van der Waals surface area contributed by atoms with Crippen LogP contribution in [0, 0.1) is 23.7 Å². The summed E-state index contributed by atoms with van der Waals surface area (Å²) in [4.78, 5) is 115. The Kier molecular flexibility index (Phi) is 25.4. The summed E-state index contributed by atoms with van der Waals surface area (Å²) < 4.78 is 0. The highest BCUT2D eigenvalue weighted by Crippen LogP contribution is 2.27. The lowest BCUT2D eigenvalue weighted by Crippen LogP contribution is -2.60. The van der Waals surface area contributed by atoms with Gasteiger partial charge in [-0.2, -0.15) is 0 Å². The Balaban J connectivity index is 2.26. The molecule has 378 valence electrons. The second-order valence-electron chi connectivity index (χ2n) is 18.3. The Hall–Kier alpha value is -5.84. The van der Waals surface area contributed by atoms with Crippen molar-refractivity contribution in [3.63, 3.8) is 0 Å². The van der Waals surface area contributed by atoms with Crippen molar-refractivity contribution in [3.05, 3.63) is 18.2 Å². The molecule has 1 aromatic heterocycles. The smallest absolute Gasteiger partial charge is 0.326 e.